The lowest BCUT2D eigenvalue weighted by atomic mass is 9.54. The third-order valence-electron chi connectivity index (χ3n) is 9.57. The van der Waals surface area contributed by atoms with E-state index >= 15 is 0 Å². The van der Waals surface area contributed by atoms with E-state index < -0.39 is 0 Å². The van der Waals surface area contributed by atoms with Crippen molar-refractivity contribution in [3.8, 4) is 5.88 Å². The van der Waals surface area contributed by atoms with Crippen molar-refractivity contribution in [3.63, 3.8) is 0 Å². The van der Waals surface area contributed by atoms with Gasteiger partial charge in [-0.2, -0.15) is 5.10 Å². The number of amides is 1. The fourth-order valence-electron chi connectivity index (χ4n) is 7.89. The van der Waals surface area contributed by atoms with Gasteiger partial charge in [0, 0.05) is 6.04 Å². The molecule has 0 radical (unpaired) electrons. The molecule has 1 aromatic heterocycles. The van der Waals surface area contributed by atoms with Crippen molar-refractivity contribution in [2.45, 2.75) is 95.7 Å². The van der Waals surface area contributed by atoms with Crippen molar-refractivity contribution >= 4 is 12.1 Å². The normalized spacial score (nSPS) is 32.7. The molecule has 1 saturated heterocycles. The summed E-state index contributed by atoms with van der Waals surface area (Å²) in [6, 6.07) is 0.305. The predicted molar refractivity (Wildman–Crippen MR) is 138 cm³/mol. The van der Waals surface area contributed by atoms with Gasteiger partial charge in [0.25, 0.3) is 5.91 Å². The number of ether oxygens (including phenoxy) is 1. The molecule has 36 heavy (non-hydrogen) atoms. The van der Waals surface area contributed by atoms with E-state index in [1.165, 1.54) is 64.2 Å². The van der Waals surface area contributed by atoms with E-state index in [1.54, 1.807) is 17.1 Å². The Morgan fingerprint density at radius 3 is 2.50 bits per heavy atom. The maximum Gasteiger partial charge on any atom is 0.258 e. The van der Waals surface area contributed by atoms with Gasteiger partial charge in [-0.3, -0.25) is 4.79 Å². The summed E-state index contributed by atoms with van der Waals surface area (Å²) >= 11 is 0. The monoisotopic (exact) mass is 497 g/mol. The first-order valence-corrected chi connectivity index (χ1v) is 14.6. The van der Waals surface area contributed by atoms with Gasteiger partial charge in [-0.05, 0) is 100 Å². The Morgan fingerprint density at radius 1 is 1.06 bits per heavy atom. The van der Waals surface area contributed by atoms with Gasteiger partial charge in [0.15, 0.2) is 0 Å². The smallest absolute Gasteiger partial charge is 0.258 e. The van der Waals surface area contributed by atoms with E-state index in [-0.39, 0.29) is 12.0 Å². The van der Waals surface area contributed by atoms with Crippen LogP contribution in [0, 0.1) is 29.6 Å². The average Bonchev–Trinajstić information content (AvgIpc) is 3.31. The van der Waals surface area contributed by atoms with Crippen molar-refractivity contribution in [2.75, 3.05) is 19.7 Å². The number of nitrogens with zero attached hydrogens (tertiary/aromatic N) is 3. The Labute approximate surface area is 214 Å². The first-order valence-electron chi connectivity index (χ1n) is 14.6. The SMILES string of the molecule is O=C(NC1C2CC3CC(C2)CC1C3)c1cnn(CC=NOC2CCNCC2)c1OCC1CCCCC1. The Morgan fingerprint density at radius 2 is 1.78 bits per heavy atom. The minimum absolute atomic E-state index is 0.0275. The molecule has 6 aliphatic rings. The second-order valence-electron chi connectivity index (χ2n) is 12.1. The summed E-state index contributed by atoms with van der Waals surface area (Å²) in [4.78, 5) is 19.2. The summed E-state index contributed by atoms with van der Waals surface area (Å²) in [5.41, 5.74) is 0.562. The molecule has 0 aromatic carbocycles. The molecule has 4 bridgehead atoms. The van der Waals surface area contributed by atoms with Crippen LogP contribution in [-0.2, 0) is 11.4 Å². The number of aromatic nitrogens is 2. The summed E-state index contributed by atoms with van der Waals surface area (Å²) in [7, 11) is 0. The molecule has 1 aromatic rings. The van der Waals surface area contributed by atoms with Crippen LogP contribution in [0.15, 0.2) is 11.4 Å². The van der Waals surface area contributed by atoms with E-state index in [0.717, 1.165) is 37.8 Å². The van der Waals surface area contributed by atoms with Crippen LogP contribution in [-0.4, -0.2) is 53.7 Å². The summed E-state index contributed by atoms with van der Waals surface area (Å²) < 4.78 is 8.12. The highest BCUT2D eigenvalue weighted by Gasteiger charge is 2.48. The van der Waals surface area contributed by atoms with Crippen LogP contribution in [0.25, 0.3) is 0 Å². The lowest BCUT2D eigenvalue weighted by Crippen LogP contribution is -2.55. The molecule has 2 heterocycles. The van der Waals surface area contributed by atoms with Gasteiger partial charge in [-0.1, -0.05) is 24.4 Å². The van der Waals surface area contributed by atoms with E-state index in [9.17, 15) is 4.79 Å². The van der Waals surface area contributed by atoms with Crippen LogP contribution in [0.2, 0.25) is 0 Å². The second kappa shape index (κ2) is 11.1. The third-order valence-corrected chi connectivity index (χ3v) is 9.57. The molecule has 1 amide bonds. The number of oxime groups is 1. The molecule has 0 unspecified atom stereocenters. The molecule has 1 aliphatic heterocycles. The molecular formula is C28H43N5O3. The molecule has 8 nitrogen and oxygen atoms in total. The van der Waals surface area contributed by atoms with Crippen molar-refractivity contribution in [3.05, 3.63) is 11.8 Å². The number of nitrogens with one attached hydrogen (secondary N) is 2. The Hall–Kier alpha value is -2.09. The lowest BCUT2D eigenvalue weighted by molar-refractivity contribution is -0.0120. The van der Waals surface area contributed by atoms with E-state index in [0.29, 0.717) is 48.4 Å². The zero-order valence-corrected chi connectivity index (χ0v) is 21.6. The van der Waals surface area contributed by atoms with Gasteiger partial charge in [0.1, 0.15) is 11.7 Å². The summed E-state index contributed by atoms with van der Waals surface area (Å²) in [6.07, 6.45) is 18.4. The van der Waals surface area contributed by atoms with Crippen LogP contribution in [0.4, 0.5) is 0 Å². The Bertz CT molecular complexity index is 890. The number of carbonyl (C=O) groups excluding carboxylic acids is 1. The fraction of sp³-hybridized carbons (Fsp3) is 0.821. The standard InChI is InChI=1S/C28H43N5O3/c34-27(32-26-22-13-20-12-21(15-22)16-23(26)14-20)25-17-30-33(11-10-31-36-24-6-8-29-9-7-24)28(25)35-18-19-4-2-1-3-5-19/h10,17,19-24,26,29H,1-9,11-16,18H2,(H,32,34). The average molecular weight is 498 g/mol. The lowest BCUT2D eigenvalue weighted by Gasteiger charge is -2.54. The van der Waals surface area contributed by atoms with Crippen molar-refractivity contribution in [2.24, 2.45) is 34.7 Å². The van der Waals surface area contributed by atoms with Gasteiger partial charge in [0.05, 0.1) is 25.6 Å². The van der Waals surface area contributed by atoms with Crippen LogP contribution < -0.4 is 15.4 Å². The molecule has 2 N–H and O–H groups in total. The van der Waals surface area contributed by atoms with E-state index in [1.807, 2.05) is 0 Å². The number of piperidine rings is 1. The molecule has 8 heteroatoms. The first kappa shape index (κ1) is 24.3. The highest BCUT2D eigenvalue weighted by atomic mass is 16.6. The summed E-state index contributed by atoms with van der Waals surface area (Å²) in [5, 5.41) is 15.5. The number of carbonyl (C=O) groups is 1. The molecule has 198 valence electrons. The van der Waals surface area contributed by atoms with Crippen molar-refractivity contribution < 1.29 is 14.4 Å². The number of hydrogen-bond acceptors (Lipinski definition) is 6. The molecule has 5 saturated carbocycles. The van der Waals surface area contributed by atoms with Gasteiger partial charge >= 0.3 is 0 Å². The highest BCUT2D eigenvalue weighted by Crippen LogP contribution is 2.53. The highest BCUT2D eigenvalue weighted by molar-refractivity contribution is 5.96. The minimum atomic E-state index is -0.0275. The maximum atomic E-state index is 13.5. The Kier molecular flexibility index (Phi) is 7.49. The first-order chi connectivity index (χ1) is 17.7. The molecule has 0 atom stereocenters. The van der Waals surface area contributed by atoms with Crippen LogP contribution >= 0.6 is 0 Å². The molecular weight excluding hydrogens is 454 g/mol. The zero-order chi connectivity index (χ0) is 24.3. The van der Waals surface area contributed by atoms with Crippen LogP contribution in [0.5, 0.6) is 5.88 Å². The van der Waals surface area contributed by atoms with Crippen LogP contribution in [0.1, 0.15) is 87.4 Å². The van der Waals surface area contributed by atoms with Gasteiger partial charge < -0.3 is 20.2 Å². The summed E-state index contributed by atoms with van der Waals surface area (Å²) in [5.74, 6) is 4.18. The van der Waals surface area contributed by atoms with Crippen LogP contribution in [0.3, 0.4) is 0 Å². The molecule has 7 rings (SSSR count). The van der Waals surface area contributed by atoms with Crippen molar-refractivity contribution in [1.82, 2.24) is 20.4 Å². The predicted octanol–water partition coefficient (Wildman–Crippen LogP) is 4.15. The quantitative estimate of drug-likeness (QED) is 0.395. The largest absolute Gasteiger partial charge is 0.477 e. The van der Waals surface area contributed by atoms with E-state index in [2.05, 4.69) is 20.9 Å². The number of rotatable bonds is 9. The van der Waals surface area contributed by atoms with Gasteiger partial charge in [0.2, 0.25) is 5.88 Å². The van der Waals surface area contributed by atoms with E-state index in [4.69, 9.17) is 9.57 Å². The molecule has 6 fully saturated rings. The number of hydrogen-bond donors (Lipinski definition) is 2. The molecule has 5 aliphatic carbocycles. The van der Waals surface area contributed by atoms with Gasteiger partial charge in [-0.25, -0.2) is 4.68 Å². The zero-order valence-electron chi connectivity index (χ0n) is 21.6. The fourth-order valence-corrected chi connectivity index (χ4v) is 7.89. The maximum absolute atomic E-state index is 13.5. The second-order valence-corrected chi connectivity index (χ2v) is 12.1. The third kappa shape index (κ3) is 5.43. The Balaban J connectivity index is 1.12. The molecule has 0 spiro atoms. The topological polar surface area (TPSA) is 89.8 Å². The van der Waals surface area contributed by atoms with Crippen molar-refractivity contribution in [1.29, 1.82) is 0 Å². The van der Waals surface area contributed by atoms with Gasteiger partial charge in [-0.15, -0.1) is 0 Å². The minimum Gasteiger partial charge on any atom is -0.477 e. The summed E-state index contributed by atoms with van der Waals surface area (Å²) in [6.45, 7) is 3.02.